The Morgan fingerprint density at radius 3 is 3.00 bits per heavy atom. The molecule has 0 saturated carbocycles. The lowest BCUT2D eigenvalue weighted by Gasteiger charge is -2.30. The fraction of sp³-hybridized carbons (Fsp3) is 0.727. The molecule has 1 aromatic rings. The van der Waals surface area contributed by atoms with Crippen LogP contribution in [0, 0.1) is 5.92 Å². The van der Waals surface area contributed by atoms with E-state index in [0.717, 1.165) is 26.2 Å². The maximum Gasteiger partial charge on any atom is 0.122 e. The van der Waals surface area contributed by atoms with E-state index in [1.54, 1.807) is 0 Å². The van der Waals surface area contributed by atoms with Gasteiger partial charge in [0.25, 0.3) is 0 Å². The summed E-state index contributed by atoms with van der Waals surface area (Å²) in [5, 5.41) is 0. The van der Waals surface area contributed by atoms with Crippen molar-refractivity contribution in [3.05, 3.63) is 18.2 Å². The van der Waals surface area contributed by atoms with Crippen molar-refractivity contribution < 1.29 is 0 Å². The van der Waals surface area contributed by atoms with E-state index in [4.69, 9.17) is 5.73 Å². The molecule has 0 aromatic carbocycles. The molecular weight excluding hydrogens is 188 g/mol. The van der Waals surface area contributed by atoms with E-state index >= 15 is 0 Å². The molecule has 0 spiro atoms. The Hall–Kier alpha value is -0.870. The summed E-state index contributed by atoms with van der Waals surface area (Å²) >= 11 is 0. The lowest BCUT2D eigenvalue weighted by atomic mass is 10.0. The zero-order valence-corrected chi connectivity index (χ0v) is 9.56. The van der Waals surface area contributed by atoms with Crippen molar-refractivity contribution in [1.82, 2.24) is 14.5 Å². The molecule has 0 saturated heterocycles. The van der Waals surface area contributed by atoms with Gasteiger partial charge in [-0.2, -0.15) is 0 Å². The highest BCUT2D eigenvalue weighted by Gasteiger charge is 2.19. The molecule has 2 atom stereocenters. The van der Waals surface area contributed by atoms with Gasteiger partial charge in [-0.3, -0.25) is 4.90 Å². The van der Waals surface area contributed by atoms with Crippen LogP contribution in [0.15, 0.2) is 12.4 Å². The number of rotatable bonds is 3. The predicted octanol–water partition coefficient (Wildman–Crippen LogP) is 0.682. The Kier molecular flexibility index (Phi) is 3.07. The largest absolute Gasteiger partial charge is 0.333 e. The van der Waals surface area contributed by atoms with E-state index < -0.39 is 0 Å². The average molecular weight is 208 g/mol. The highest BCUT2D eigenvalue weighted by molar-refractivity contribution is 4.95. The van der Waals surface area contributed by atoms with Gasteiger partial charge in [0.1, 0.15) is 5.82 Å². The second-order valence-electron chi connectivity index (χ2n) is 4.61. The van der Waals surface area contributed by atoms with Crippen molar-refractivity contribution >= 4 is 0 Å². The van der Waals surface area contributed by atoms with Crippen molar-refractivity contribution in [2.75, 3.05) is 13.1 Å². The van der Waals surface area contributed by atoms with Gasteiger partial charge in [-0.1, -0.05) is 6.92 Å². The molecule has 84 valence electrons. The molecule has 0 radical (unpaired) electrons. The molecule has 2 unspecified atom stereocenters. The predicted molar refractivity (Wildman–Crippen MR) is 60.3 cm³/mol. The average Bonchev–Trinajstić information content (AvgIpc) is 2.64. The Labute approximate surface area is 91.1 Å². The Bertz CT molecular complexity index is 318. The van der Waals surface area contributed by atoms with Crippen LogP contribution in [-0.2, 0) is 13.1 Å². The minimum absolute atomic E-state index is 0.270. The van der Waals surface area contributed by atoms with Gasteiger partial charge < -0.3 is 10.3 Å². The van der Waals surface area contributed by atoms with Gasteiger partial charge in [-0.25, -0.2) is 4.98 Å². The van der Waals surface area contributed by atoms with Gasteiger partial charge in [-0.05, 0) is 12.8 Å². The highest BCUT2D eigenvalue weighted by Crippen LogP contribution is 2.12. The topological polar surface area (TPSA) is 47.1 Å². The van der Waals surface area contributed by atoms with Crippen LogP contribution in [0.25, 0.3) is 0 Å². The summed E-state index contributed by atoms with van der Waals surface area (Å²) in [4.78, 5) is 6.79. The second-order valence-corrected chi connectivity index (χ2v) is 4.61. The quantitative estimate of drug-likeness (QED) is 0.794. The number of aromatic nitrogens is 2. The third kappa shape index (κ3) is 2.38. The van der Waals surface area contributed by atoms with E-state index in [0.29, 0.717) is 5.92 Å². The first-order valence-corrected chi connectivity index (χ1v) is 5.65. The molecule has 1 aliphatic heterocycles. The number of nitrogens with zero attached hydrogens (tertiary/aromatic N) is 3. The summed E-state index contributed by atoms with van der Waals surface area (Å²) in [6, 6.07) is 0.270. The summed E-state index contributed by atoms with van der Waals surface area (Å²) < 4.78 is 2.23. The fourth-order valence-corrected chi connectivity index (χ4v) is 1.95. The van der Waals surface area contributed by atoms with Gasteiger partial charge in [0, 0.05) is 38.1 Å². The van der Waals surface area contributed by atoms with Crippen LogP contribution in [0.2, 0.25) is 0 Å². The molecule has 4 nitrogen and oxygen atoms in total. The molecule has 2 rings (SSSR count). The number of hydrogen-bond acceptors (Lipinski definition) is 3. The first-order chi connectivity index (χ1) is 7.16. The first-order valence-electron chi connectivity index (χ1n) is 5.65. The van der Waals surface area contributed by atoms with Crippen LogP contribution >= 0.6 is 0 Å². The van der Waals surface area contributed by atoms with E-state index in [-0.39, 0.29) is 6.04 Å². The van der Waals surface area contributed by atoms with Crippen LogP contribution in [0.5, 0.6) is 0 Å². The highest BCUT2D eigenvalue weighted by atomic mass is 15.2. The number of hydrogen-bond donors (Lipinski definition) is 1. The van der Waals surface area contributed by atoms with Crippen LogP contribution < -0.4 is 5.73 Å². The smallest absolute Gasteiger partial charge is 0.122 e. The van der Waals surface area contributed by atoms with Gasteiger partial charge in [0.05, 0.1) is 6.54 Å². The van der Waals surface area contributed by atoms with Crippen molar-refractivity contribution in [2.24, 2.45) is 11.7 Å². The van der Waals surface area contributed by atoms with Crippen molar-refractivity contribution in [3.8, 4) is 0 Å². The molecule has 2 N–H and O–H groups in total. The monoisotopic (exact) mass is 208 g/mol. The normalized spacial score (nSPS) is 21.0. The van der Waals surface area contributed by atoms with Crippen LogP contribution in [0.4, 0.5) is 0 Å². The number of imidazole rings is 1. The zero-order chi connectivity index (χ0) is 10.8. The van der Waals surface area contributed by atoms with Crippen molar-refractivity contribution in [1.29, 1.82) is 0 Å². The standard InChI is InChI=1S/C11H20N4/c1-9(10(2)12)7-14-5-6-15-4-3-13-11(15)8-14/h3-4,9-10H,5-8,12H2,1-2H3. The maximum atomic E-state index is 5.88. The van der Waals surface area contributed by atoms with Crippen LogP contribution in [0.3, 0.4) is 0 Å². The summed E-state index contributed by atoms with van der Waals surface area (Å²) in [5.74, 6) is 1.73. The van der Waals surface area contributed by atoms with Gasteiger partial charge in [0.15, 0.2) is 0 Å². The van der Waals surface area contributed by atoms with Crippen molar-refractivity contribution in [2.45, 2.75) is 33.0 Å². The van der Waals surface area contributed by atoms with Crippen molar-refractivity contribution in [3.63, 3.8) is 0 Å². The fourth-order valence-electron chi connectivity index (χ4n) is 1.95. The van der Waals surface area contributed by atoms with E-state index in [1.807, 2.05) is 6.20 Å². The van der Waals surface area contributed by atoms with Gasteiger partial charge in [-0.15, -0.1) is 0 Å². The van der Waals surface area contributed by atoms with E-state index in [2.05, 4.69) is 34.5 Å². The number of fused-ring (bicyclic) bond motifs is 1. The molecule has 1 aromatic heterocycles. The third-order valence-corrected chi connectivity index (χ3v) is 3.27. The molecule has 0 amide bonds. The summed E-state index contributed by atoms with van der Waals surface area (Å²) in [7, 11) is 0. The van der Waals surface area contributed by atoms with Crippen LogP contribution in [-0.4, -0.2) is 33.6 Å². The number of nitrogens with two attached hydrogens (primary N) is 1. The van der Waals surface area contributed by atoms with Crippen LogP contribution in [0.1, 0.15) is 19.7 Å². The Balaban J connectivity index is 1.93. The lowest BCUT2D eigenvalue weighted by Crippen LogP contribution is -2.40. The summed E-state index contributed by atoms with van der Waals surface area (Å²) in [6.45, 7) is 8.50. The molecular formula is C11H20N4. The third-order valence-electron chi connectivity index (χ3n) is 3.27. The summed E-state index contributed by atoms with van der Waals surface area (Å²) in [5.41, 5.74) is 5.88. The minimum atomic E-state index is 0.270. The molecule has 0 aliphatic carbocycles. The molecule has 2 heterocycles. The molecule has 0 bridgehead atoms. The lowest BCUT2D eigenvalue weighted by molar-refractivity contribution is 0.181. The van der Waals surface area contributed by atoms with Gasteiger partial charge >= 0.3 is 0 Å². The molecule has 0 fully saturated rings. The van der Waals surface area contributed by atoms with E-state index in [9.17, 15) is 0 Å². The molecule has 1 aliphatic rings. The Morgan fingerprint density at radius 1 is 1.47 bits per heavy atom. The van der Waals surface area contributed by atoms with Gasteiger partial charge in [0.2, 0.25) is 0 Å². The zero-order valence-electron chi connectivity index (χ0n) is 9.56. The maximum absolute atomic E-state index is 5.88. The Morgan fingerprint density at radius 2 is 2.27 bits per heavy atom. The molecule has 15 heavy (non-hydrogen) atoms. The van der Waals surface area contributed by atoms with E-state index in [1.165, 1.54) is 5.82 Å². The SMILES string of the molecule is CC(N)C(C)CN1CCn2ccnc2C1. The summed E-state index contributed by atoms with van der Waals surface area (Å²) in [6.07, 6.45) is 3.94. The minimum Gasteiger partial charge on any atom is -0.333 e. The second kappa shape index (κ2) is 4.33. The first kappa shape index (κ1) is 10.6. The molecule has 4 heteroatoms.